The van der Waals surface area contributed by atoms with Gasteiger partial charge in [-0.05, 0) is 12.1 Å². The molecular formula is C16H20AsN3O7. The first kappa shape index (κ1) is 22.2. The second kappa shape index (κ2) is 9.22. The Morgan fingerprint density at radius 2 is 1.70 bits per heavy atom. The second-order valence-electron chi connectivity index (χ2n) is 5.57. The van der Waals surface area contributed by atoms with E-state index in [-0.39, 0.29) is 11.4 Å². The number of hydrogen-bond donors (Lipinski definition) is 4. The Labute approximate surface area is 158 Å². The van der Waals surface area contributed by atoms with E-state index in [0.29, 0.717) is 0 Å². The first-order chi connectivity index (χ1) is 12.4. The molecule has 0 aliphatic heterocycles. The van der Waals surface area contributed by atoms with E-state index in [9.17, 15) is 23.8 Å². The van der Waals surface area contributed by atoms with Crippen molar-refractivity contribution < 1.29 is 26.8 Å². The summed E-state index contributed by atoms with van der Waals surface area (Å²) in [5.41, 5.74) is 1.07. The van der Waals surface area contributed by atoms with Crippen LogP contribution in [0.25, 0.3) is 0 Å². The van der Waals surface area contributed by atoms with Crippen molar-refractivity contribution in [3.05, 3.63) is 52.6 Å². The van der Waals surface area contributed by atoms with Crippen LogP contribution in [0.1, 0.15) is 6.92 Å². The van der Waals surface area contributed by atoms with E-state index in [1.165, 1.54) is 31.2 Å². The molecule has 0 saturated heterocycles. The van der Waals surface area contributed by atoms with Crippen LogP contribution in [0.5, 0.6) is 5.75 Å². The number of rotatable bonds is 4. The molecule has 0 bridgehead atoms. The minimum Gasteiger partial charge on any atom is -0.378 e. The van der Waals surface area contributed by atoms with Crippen LogP contribution in [0, 0.1) is 10.1 Å². The van der Waals surface area contributed by atoms with Crippen molar-refractivity contribution in [3.63, 3.8) is 0 Å². The number of phenols is 1. The number of hydrogen-bond acceptors (Lipinski definition) is 6. The number of nitro benzene ring substituents is 1. The predicted molar refractivity (Wildman–Crippen MR) is 100 cm³/mol. The van der Waals surface area contributed by atoms with E-state index in [4.69, 9.17) is 8.19 Å². The molecule has 4 N–H and O–H groups in total. The van der Waals surface area contributed by atoms with E-state index >= 15 is 0 Å². The number of benzene rings is 2. The largest absolute Gasteiger partial charge is 0.378 e. The third kappa shape index (κ3) is 6.78. The fourth-order valence-electron chi connectivity index (χ4n) is 1.93. The SMILES string of the molecule is CC(=O)Nc1cccc([As](=O)(O)O)c1O.CN(C)c1ccc([N+](=O)[O-])cc1. The molecule has 0 fully saturated rings. The molecule has 0 saturated carbocycles. The molecule has 0 spiro atoms. The molecule has 0 aliphatic carbocycles. The number of carbonyl (C=O) groups excluding carboxylic acids is 1. The average Bonchev–Trinajstić information content (AvgIpc) is 2.56. The second-order valence-corrected chi connectivity index (χ2v) is 8.86. The number of para-hydroxylation sites is 1. The number of non-ortho nitro benzene ring substituents is 1. The Hall–Kier alpha value is -2.81. The average molecular weight is 441 g/mol. The van der Waals surface area contributed by atoms with Gasteiger partial charge in [-0.2, -0.15) is 0 Å². The quantitative estimate of drug-likeness (QED) is 0.233. The molecule has 10 nitrogen and oxygen atoms in total. The smallest absolute Gasteiger partial charge is 0.269 e. The third-order valence-corrected chi connectivity index (χ3v) is 5.29. The third-order valence-electron chi connectivity index (χ3n) is 3.22. The zero-order chi connectivity index (χ0) is 20.8. The molecule has 0 radical (unpaired) electrons. The van der Waals surface area contributed by atoms with E-state index < -0.39 is 35.1 Å². The molecule has 0 atom stereocenters. The number of amides is 1. The van der Waals surface area contributed by atoms with Gasteiger partial charge in [0.1, 0.15) is 0 Å². The van der Waals surface area contributed by atoms with Gasteiger partial charge in [-0.1, -0.05) is 0 Å². The Kier molecular flexibility index (Phi) is 7.59. The molecule has 27 heavy (non-hydrogen) atoms. The molecule has 2 aromatic rings. The number of phenolic OH excluding ortho intramolecular Hbond substituents is 1. The Balaban J connectivity index is 0.000000277. The molecule has 2 aromatic carbocycles. The van der Waals surface area contributed by atoms with Gasteiger partial charge in [0.2, 0.25) is 0 Å². The fourth-order valence-corrected chi connectivity index (χ4v) is 3.35. The molecular weight excluding hydrogens is 421 g/mol. The van der Waals surface area contributed by atoms with Crippen LogP contribution in [-0.4, -0.2) is 52.4 Å². The number of carbonyl (C=O) groups is 1. The van der Waals surface area contributed by atoms with Crippen LogP contribution in [-0.2, 0) is 8.53 Å². The summed E-state index contributed by atoms with van der Waals surface area (Å²) < 4.78 is 28.4. The van der Waals surface area contributed by atoms with E-state index in [1.54, 1.807) is 12.1 Å². The van der Waals surface area contributed by atoms with Crippen LogP contribution in [0.3, 0.4) is 0 Å². The van der Waals surface area contributed by atoms with E-state index in [2.05, 4.69) is 5.32 Å². The summed E-state index contributed by atoms with van der Waals surface area (Å²) in [7, 11) is 3.78. The topological polar surface area (TPSA) is 153 Å². The minimum atomic E-state index is -5.15. The van der Waals surface area contributed by atoms with Gasteiger partial charge >= 0.3 is 88.1 Å². The number of aromatic hydroxyl groups is 1. The molecule has 0 heterocycles. The van der Waals surface area contributed by atoms with Gasteiger partial charge in [-0.15, -0.1) is 0 Å². The molecule has 0 aliphatic rings. The molecule has 2 rings (SSSR count). The number of nitro groups is 1. The van der Waals surface area contributed by atoms with E-state index in [1.807, 2.05) is 19.0 Å². The summed E-state index contributed by atoms with van der Waals surface area (Å²) in [5, 5.41) is 22.0. The molecule has 0 unspecified atom stereocenters. The summed E-state index contributed by atoms with van der Waals surface area (Å²) >= 11 is -5.15. The van der Waals surface area contributed by atoms with Crippen molar-refractivity contribution in [2.24, 2.45) is 0 Å². The van der Waals surface area contributed by atoms with Crippen LogP contribution in [0.15, 0.2) is 42.5 Å². The Morgan fingerprint density at radius 3 is 2.11 bits per heavy atom. The van der Waals surface area contributed by atoms with Gasteiger partial charge < -0.3 is 4.90 Å². The van der Waals surface area contributed by atoms with Crippen molar-refractivity contribution >= 4 is 41.5 Å². The van der Waals surface area contributed by atoms with Gasteiger partial charge in [0, 0.05) is 31.9 Å². The van der Waals surface area contributed by atoms with Crippen LogP contribution in [0.2, 0.25) is 0 Å². The van der Waals surface area contributed by atoms with Gasteiger partial charge in [0.25, 0.3) is 5.69 Å². The minimum absolute atomic E-state index is 0.00951. The summed E-state index contributed by atoms with van der Waals surface area (Å²) in [6.45, 7) is 1.23. The number of anilines is 2. The standard InChI is InChI=1S/C8H10AsNO5.C8H10N2O2/c1-5(11)10-7-4-2-3-6(8(7)12)9(13,14)15;1-9(2)7-3-5-8(6-4-7)10(11)12/h2-4,12H,1H3,(H,10,11)(H2,13,14,15);3-6H,1-2H3. The molecule has 0 aromatic heterocycles. The van der Waals surface area contributed by atoms with Gasteiger partial charge in [-0.3, -0.25) is 10.1 Å². The van der Waals surface area contributed by atoms with Crippen molar-refractivity contribution in [1.82, 2.24) is 0 Å². The van der Waals surface area contributed by atoms with Crippen LogP contribution < -0.4 is 14.6 Å². The van der Waals surface area contributed by atoms with Crippen molar-refractivity contribution in [3.8, 4) is 5.75 Å². The van der Waals surface area contributed by atoms with Gasteiger partial charge in [0.05, 0.1) is 4.92 Å². The first-order valence-electron chi connectivity index (χ1n) is 7.51. The van der Waals surface area contributed by atoms with Gasteiger partial charge in [-0.25, -0.2) is 0 Å². The zero-order valence-electron chi connectivity index (χ0n) is 14.9. The Morgan fingerprint density at radius 1 is 1.15 bits per heavy atom. The molecule has 1 amide bonds. The normalized spacial score (nSPS) is 10.4. The first-order valence-corrected chi connectivity index (χ1v) is 10.9. The zero-order valence-corrected chi connectivity index (χ0v) is 16.7. The summed E-state index contributed by atoms with van der Waals surface area (Å²) in [4.78, 5) is 22.5. The summed E-state index contributed by atoms with van der Waals surface area (Å²) in [6.07, 6.45) is 0. The van der Waals surface area contributed by atoms with Crippen molar-refractivity contribution in [2.45, 2.75) is 6.92 Å². The predicted octanol–water partition coefficient (Wildman–Crippen LogP) is 0.572. The maximum Gasteiger partial charge on any atom is 0.269 e. The maximum absolute atomic E-state index is 11.0. The van der Waals surface area contributed by atoms with Crippen molar-refractivity contribution in [2.75, 3.05) is 24.3 Å². The Bertz CT molecular complexity index is 863. The molecule has 11 heteroatoms. The van der Waals surface area contributed by atoms with Crippen LogP contribution in [0.4, 0.5) is 17.1 Å². The number of nitrogens with one attached hydrogen (secondary N) is 1. The fraction of sp³-hybridized carbons (Fsp3) is 0.188. The maximum atomic E-state index is 11.0. The van der Waals surface area contributed by atoms with Gasteiger partial charge in [0.15, 0.2) is 0 Å². The molecule has 146 valence electrons. The number of nitrogens with zero attached hydrogens (tertiary/aromatic N) is 2. The van der Waals surface area contributed by atoms with E-state index in [0.717, 1.165) is 11.8 Å². The summed E-state index contributed by atoms with van der Waals surface area (Å²) in [5.74, 6) is -1.01. The monoisotopic (exact) mass is 441 g/mol. The van der Waals surface area contributed by atoms with Crippen LogP contribution >= 0.6 is 0 Å². The summed E-state index contributed by atoms with van der Waals surface area (Å²) in [6, 6.07) is 10.3. The van der Waals surface area contributed by atoms with Crippen molar-refractivity contribution in [1.29, 1.82) is 0 Å².